The van der Waals surface area contributed by atoms with Gasteiger partial charge in [0.25, 0.3) is 0 Å². The summed E-state index contributed by atoms with van der Waals surface area (Å²) in [5.41, 5.74) is 2.30. The first-order chi connectivity index (χ1) is 6.60. The van der Waals surface area contributed by atoms with Gasteiger partial charge in [-0.05, 0) is 30.5 Å². The molecule has 2 nitrogen and oxygen atoms in total. The molecule has 0 radical (unpaired) electrons. The minimum Gasteiger partial charge on any atom is -0.496 e. The maximum absolute atomic E-state index is 5.35. The van der Waals surface area contributed by atoms with E-state index >= 15 is 0 Å². The lowest BCUT2D eigenvalue weighted by Crippen LogP contribution is -1.99. The van der Waals surface area contributed by atoms with E-state index in [-0.39, 0.29) is 0 Å². The summed E-state index contributed by atoms with van der Waals surface area (Å²) in [6.07, 6.45) is 0. The van der Waals surface area contributed by atoms with Gasteiger partial charge in [0.05, 0.1) is 14.2 Å². The third-order valence-corrected chi connectivity index (χ3v) is 2.27. The van der Waals surface area contributed by atoms with Crippen LogP contribution in [0.15, 0.2) is 12.1 Å². The molecule has 0 bridgehead atoms. The Balaban J connectivity index is 3.33. The molecule has 0 saturated carbocycles. The number of hydrogen-bond acceptors (Lipinski definition) is 2. The molecular formula is C12H18O2. The Kier molecular flexibility index (Phi) is 3.39. The van der Waals surface area contributed by atoms with Crippen LogP contribution < -0.4 is 9.47 Å². The van der Waals surface area contributed by atoms with Crippen LogP contribution in [0.3, 0.4) is 0 Å². The van der Waals surface area contributed by atoms with Crippen LogP contribution in [0.25, 0.3) is 0 Å². The molecule has 0 aromatic heterocycles. The summed E-state index contributed by atoms with van der Waals surface area (Å²) in [7, 11) is 3.39. The van der Waals surface area contributed by atoms with E-state index in [1.807, 2.05) is 19.1 Å². The zero-order valence-corrected chi connectivity index (χ0v) is 9.55. The molecule has 0 heterocycles. The number of rotatable bonds is 3. The zero-order chi connectivity index (χ0) is 10.7. The fourth-order valence-electron chi connectivity index (χ4n) is 1.64. The first-order valence-corrected chi connectivity index (χ1v) is 4.82. The second-order valence-electron chi connectivity index (χ2n) is 3.74. The van der Waals surface area contributed by atoms with Crippen LogP contribution in [0.2, 0.25) is 0 Å². The van der Waals surface area contributed by atoms with Crippen molar-refractivity contribution in [1.82, 2.24) is 0 Å². The molecule has 78 valence electrons. The van der Waals surface area contributed by atoms with E-state index in [4.69, 9.17) is 9.47 Å². The van der Waals surface area contributed by atoms with Crippen LogP contribution in [0.5, 0.6) is 11.5 Å². The van der Waals surface area contributed by atoms with E-state index in [0.717, 1.165) is 22.6 Å². The van der Waals surface area contributed by atoms with Crippen LogP contribution in [-0.4, -0.2) is 14.2 Å². The predicted octanol–water partition coefficient (Wildman–Crippen LogP) is 3.14. The Hall–Kier alpha value is -1.18. The van der Waals surface area contributed by atoms with Crippen molar-refractivity contribution >= 4 is 0 Å². The van der Waals surface area contributed by atoms with Crippen molar-refractivity contribution in [1.29, 1.82) is 0 Å². The van der Waals surface area contributed by atoms with E-state index in [1.165, 1.54) is 0 Å². The molecular weight excluding hydrogens is 176 g/mol. The Labute approximate surface area is 85.8 Å². The monoisotopic (exact) mass is 194 g/mol. The SMILES string of the molecule is COc1cc(C)cc(OC)c1C(C)C. The molecule has 0 fully saturated rings. The first-order valence-electron chi connectivity index (χ1n) is 4.82. The molecule has 1 aromatic carbocycles. The Bertz CT molecular complexity index is 291. The highest BCUT2D eigenvalue weighted by atomic mass is 16.5. The lowest BCUT2D eigenvalue weighted by molar-refractivity contribution is 0.381. The quantitative estimate of drug-likeness (QED) is 0.736. The molecule has 0 aliphatic carbocycles. The van der Waals surface area contributed by atoms with Crippen molar-refractivity contribution in [2.45, 2.75) is 26.7 Å². The molecule has 0 saturated heterocycles. The highest BCUT2D eigenvalue weighted by Crippen LogP contribution is 2.35. The van der Waals surface area contributed by atoms with Crippen LogP contribution in [0.4, 0.5) is 0 Å². The minimum atomic E-state index is 0.403. The molecule has 0 unspecified atom stereocenters. The Morgan fingerprint density at radius 1 is 1.00 bits per heavy atom. The maximum Gasteiger partial charge on any atom is 0.126 e. The molecule has 0 aliphatic heterocycles. The molecule has 0 amide bonds. The number of ether oxygens (including phenoxy) is 2. The minimum absolute atomic E-state index is 0.403. The molecule has 0 spiro atoms. The van der Waals surface area contributed by atoms with Crippen LogP contribution in [0, 0.1) is 6.92 Å². The topological polar surface area (TPSA) is 18.5 Å². The van der Waals surface area contributed by atoms with Gasteiger partial charge in [0.15, 0.2) is 0 Å². The van der Waals surface area contributed by atoms with Crippen molar-refractivity contribution in [3.63, 3.8) is 0 Å². The molecule has 0 N–H and O–H groups in total. The summed E-state index contributed by atoms with van der Waals surface area (Å²) in [5.74, 6) is 2.23. The second-order valence-corrected chi connectivity index (χ2v) is 3.74. The lowest BCUT2D eigenvalue weighted by Gasteiger charge is -2.16. The predicted molar refractivity (Wildman–Crippen MR) is 58.4 cm³/mol. The van der Waals surface area contributed by atoms with E-state index in [1.54, 1.807) is 14.2 Å². The highest BCUT2D eigenvalue weighted by Gasteiger charge is 2.14. The number of aryl methyl sites for hydroxylation is 1. The van der Waals surface area contributed by atoms with E-state index in [9.17, 15) is 0 Å². The lowest BCUT2D eigenvalue weighted by atomic mass is 9.99. The van der Waals surface area contributed by atoms with E-state index in [2.05, 4.69) is 13.8 Å². The molecule has 1 aromatic rings. The summed E-state index contributed by atoms with van der Waals surface area (Å²) < 4.78 is 10.7. The van der Waals surface area contributed by atoms with Gasteiger partial charge in [-0.2, -0.15) is 0 Å². The highest BCUT2D eigenvalue weighted by molar-refractivity contribution is 5.49. The third-order valence-electron chi connectivity index (χ3n) is 2.27. The van der Waals surface area contributed by atoms with Gasteiger partial charge < -0.3 is 9.47 Å². The van der Waals surface area contributed by atoms with Crippen molar-refractivity contribution < 1.29 is 9.47 Å². The van der Waals surface area contributed by atoms with Gasteiger partial charge in [0.1, 0.15) is 11.5 Å². The fourth-order valence-corrected chi connectivity index (χ4v) is 1.64. The molecule has 2 heteroatoms. The average Bonchev–Trinajstić information content (AvgIpc) is 2.15. The van der Waals surface area contributed by atoms with Gasteiger partial charge >= 0.3 is 0 Å². The summed E-state index contributed by atoms with van der Waals surface area (Å²) in [6.45, 7) is 6.31. The Morgan fingerprint density at radius 2 is 1.43 bits per heavy atom. The summed E-state index contributed by atoms with van der Waals surface area (Å²) in [5, 5.41) is 0. The van der Waals surface area contributed by atoms with E-state index in [0.29, 0.717) is 5.92 Å². The van der Waals surface area contributed by atoms with Crippen LogP contribution in [0.1, 0.15) is 30.9 Å². The fraction of sp³-hybridized carbons (Fsp3) is 0.500. The Morgan fingerprint density at radius 3 is 1.71 bits per heavy atom. The van der Waals surface area contributed by atoms with Gasteiger partial charge in [0.2, 0.25) is 0 Å². The average molecular weight is 194 g/mol. The van der Waals surface area contributed by atoms with Crippen molar-refractivity contribution in [3.8, 4) is 11.5 Å². The largest absolute Gasteiger partial charge is 0.496 e. The van der Waals surface area contributed by atoms with Crippen LogP contribution in [-0.2, 0) is 0 Å². The zero-order valence-electron chi connectivity index (χ0n) is 9.55. The van der Waals surface area contributed by atoms with Gasteiger partial charge in [0, 0.05) is 5.56 Å². The summed E-state index contributed by atoms with van der Waals surface area (Å²) >= 11 is 0. The summed E-state index contributed by atoms with van der Waals surface area (Å²) in [6, 6.07) is 4.08. The van der Waals surface area contributed by atoms with Crippen molar-refractivity contribution in [2.24, 2.45) is 0 Å². The van der Waals surface area contributed by atoms with Gasteiger partial charge in [-0.3, -0.25) is 0 Å². The standard InChI is InChI=1S/C12H18O2/c1-8(2)12-10(13-4)6-9(3)7-11(12)14-5/h6-8H,1-5H3. The van der Waals surface area contributed by atoms with Gasteiger partial charge in [-0.1, -0.05) is 13.8 Å². The number of benzene rings is 1. The molecule has 0 aliphatic rings. The summed E-state index contributed by atoms with van der Waals surface area (Å²) in [4.78, 5) is 0. The van der Waals surface area contributed by atoms with E-state index < -0.39 is 0 Å². The molecule has 1 rings (SSSR count). The number of methoxy groups -OCH3 is 2. The normalized spacial score (nSPS) is 10.4. The molecule has 0 atom stereocenters. The number of hydrogen-bond donors (Lipinski definition) is 0. The maximum atomic E-state index is 5.35. The van der Waals surface area contributed by atoms with Crippen LogP contribution >= 0.6 is 0 Å². The van der Waals surface area contributed by atoms with Crippen molar-refractivity contribution in [2.75, 3.05) is 14.2 Å². The molecule has 14 heavy (non-hydrogen) atoms. The van der Waals surface area contributed by atoms with Gasteiger partial charge in [-0.15, -0.1) is 0 Å². The second kappa shape index (κ2) is 4.36. The van der Waals surface area contributed by atoms with Gasteiger partial charge in [-0.25, -0.2) is 0 Å². The smallest absolute Gasteiger partial charge is 0.126 e. The first kappa shape index (κ1) is 10.9. The third kappa shape index (κ3) is 2.00. The van der Waals surface area contributed by atoms with Crippen molar-refractivity contribution in [3.05, 3.63) is 23.3 Å².